The summed E-state index contributed by atoms with van der Waals surface area (Å²) < 4.78 is 42.0. The van der Waals surface area contributed by atoms with Crippen molar-refractivity contribution in [3.63, 3.8) is 0 Å². The minimum Gasteiger partial charge on any atom is -0.398 e. The van der Waals surface area contributed by atoms with E-state index >= 15 is 0 Å². The molecule has 1 aliphatic rings. The second-order valence-electron chi connectivity index (χ2n) is 10.1. The summed E-state index contributed by atoms with van der Waals surface area (Å²) >= 11 is 0. The number of aromatic nitrogens is 3. The lowest BCUT2D eigenvalue weighted by Crippen LogP contribution is -2.42. The first-order chi connectivity index (χ1) is 19.8. The first-order valence-corrected chi connectivity index (χ1v) is 14.8. The zero-order chi connectivity index (χ0) is 28.8. The van der Waals surface area contributed by atoms with Gasteiger partial charge in [-0.05, 0) is 92.4 Å². The van der Waals surface area contributed by atoms with Gasteiger partial charge < -0.3 is 21.7 Å². The normalized spacial score (nSPS) is 15.9. The Morgan fingerprint density at radius 2 is 1.85 bits per heavy atom. The lowest BCUT2D eigenvalue weighted by molar-refractivity contribution is 0.260. The quantitative estimate of drug-likeness (QED) is 0.214. The number of rotatable bonds is 10. The number of pyridine rings is 1. The maximum atomic E-state index is 13.6. The number of nitrogens with two attached hydrogens (primary N) is 1. The molecule has 2 aromatic carbocycles. The molecule has 0 radical (unpaired) electrons. The van der Waals surface area contributed by atoms with Crippen LogP contribution in [0.2, 0.25) is 0 Å². The molecule has 5 N–H and O–H groups in total. The van der Waals surface area contributed by atoms with Gasteiger partial charge in [0.05, 0.1) is 4.90 Å². The average Bonchev–Trinajstić information content (AvgIpc) is 2.97. The van der Waals surface area contributed by atoms with Gasteiger partial charge in [-0.3, -0.25) is 4.98 Å². The molecule has 1 saturated heterocycles. The van der Waals surface area contributed by atoms with E-state index in [4.69, 9.17) is 5.73 Å². The van der Waals surface area contributed by atoms with E-state index in [0.29, 0.717) is 60.6 Å². The molecule has 0 amide bonds. The molecule has 1 unspecified atom stereocenters. The number of nitrogen functional groups attached to an aromatic ring is 1. The second kappa shape index (κ2) is 12.6. The van der Waals surface area contributed by atoms with E-state index in [1.165, 1.54) is 6.07 Å². The number of hydrogen-bond donors (Lipinski definition) is 4. The summed E-state index contributed by atoms with van der Waals surface area (Å²) in [5.74, 6) is 0.801. The third kappa shape index (κ3) is 7.15. The topological polar surface area (TPSA) is 138 Å². The van der Waals surface area contributed by atoms with Gasteiger partial charge in [-0.25, -0.2) is 17.8 Å². The monoisotopic (exact) mass is 576 g/mol. The van der Waals surface area contributed by atoms with Gasteiger partial charge in [0.15, 0.2) is 0 Å². The SMILES string of the molecule is Cc1cc(Nc2ccnc(Nc3ccc(S(=O)(=O)N4CCCC(CNCc5cnccc5N)C4)cc3)n2)ccc1F. The number of hydrogen-bond acceptors (Lipinski definition) is 9. The number of halogens is 1. The van der Waals surface area contributed by atoms with Gasteiger partial charge >= 0.3 is 0 Å². The molecule has 4 aromatic rings. The molecule has 0 spiro atoms. The molecule has 3 heterocycles. The third-order valence-electron chi connectivity index (χ3n) is 7.01. The summed E-state index contributed by atoms with van der Waals surface area (Å²) in [5, 5.41) is 9.63. The van der Waals surface area contributed by atoms with Crippen molar-refractivity contribution >= 4 is 38.9 Å². The predicted molar refractivity (Wildman–Crippen MR) is 158 cm³/mol. The molecule has 10 nitrogen and oxygen atoms in total. The highest BCUT2D eigenvalue weighted by molar-refractivity contribution is 7.89. The second-order valence-corrected chi connectivity index (χ2v) is 12.0. The van der Waals surface area contributed by atoms with Crippen molar-refractivity contribution in [1.29, 1.82) is 0 Å². The number of nitrogens with one attached hydrogen (secondary N) is 3. The van der Waals surface area contributed by atoms with Crippen molar-refractivity contribution < 1.29 is 12.8 Å². The summed E-state index contributed by atoms with van der Waals surface area (Å²) in [6, 6.07) is 14.8. The summed E-state index contributed by atoms with van der Waals surface area (Å²) in [6.45, 7) is 3.93. The maximum absolute atomic E-state index is 13.6. The minimum absolute atomic E-state index is 0.203. The molecule has 12 heteroatoms. The van der Waals surface area contributed by atoms with E-state index in [1.807, 2.05) is 0 Å². The van der Waals surface area contributed by atoms with Gasteiger partial charge in [-0.15, -0.1) is 0 Å². The number of sulfonamides is 1. The van der Waals surface area contributed by atoms with Gasteiger partial charge in [-0.2, -0.15) is 9.29 Å². The van der Waals surface area contributed by atoms with Crippen molar-refractivity contribution in [3.8, 4) is 0 Å². The van der Waals surface area contributed by atoms with Gasteiger partial charge in [-0.1, -0.05) is 0 Å². The number of anilines is 5. The van der Waals surface area contributed by atoms with Crippen LogP contribution in [-0.2, 0) is 16.6 Å². The van der Waals surface area contributed by atoms with Crippen molar-refractivity contribution in [1.82, 2.24) is 24.6 Å². The van der Waals surface area contributed by atoms with E-state index in [9.17, 15) is 12.8 Å². The molecule has 1 atom stereocenters. The standard InChI is InChI=1S/C29H33FN8O2S/c1-20-15-24(6-9-26(20)30)35-28-11-13-34-29(37-28)36-23-4-7-25(8-5-23)41(39,40)38-14-2-3-21(19-38)16-33-18-22-17-32-12-10-27(22)31/h4-13,15,17,21,33H,2-3,14,16,18-19H2,1H3,(H2,31,32)(H2,34,35,36,37). The first-order valence-electron chi connectivity index (χ1n) is 13.4. The van der Waals surface area contributed by atoms with Crippen molar-refractivity contribution in [2.45, 2.75) is 31.2 Å². The summed E-state index contributed by atoms with van der Waals surface area (Å²) in [7, 11) is -3.64. The molecule has 41 heavy (non-hydrogen) atoms. The van der Waals surface area contributed by atoms with Crippen LogP contribution in [0.5, 0.6) is 0 Å². The number of piperidine rings is 1. The minimum atomic E-state index is -3.64. The van der Waals surface area contributed by atoms with Crippen LogP contribution < -0.4 is 21.7 Å². The van der Waals surface area contributed by atoms with Gasteiger partial charge in [0.1, 0.15) is 11.6 Å². The molecule has 1 aliphatic heterocycles. The van der Waals surface area contributed by atoms with Crippen LogP contribution in [0.1, 0.15) is 24.0 Å². The number of benzene rings is 2. The Hall–Kier alpha value is -4.13. The molecule has 1 fully saturated rings. The summed E-state index contributed by atoms with van der Waals surface area (Å²) in [5.41, 5.74) is 9.49. The van der Waals surface area contributed by atoms with E-state index in [1.54, 1.807) is 78.4 Å². The molecule has 214 valence electrons. The smallest absolute Gasteiger partial charge is 0.243 e. The summed E-state index contributed by atoms with van der Waals surface area (Å²) in [6.07, 6.45) is 6.76. The fourth-order valence-electron chi connectivity index (χ4n) is 4.76. The fraction of sp³-hybridized carbons (Fsp3) is 0.276. The van der Waals surface area contributed by atoms with Gasteiger partial charge in [0, 0.05) is 60.9 Å². The predicted octanol–water partition coefficient (Wildman–Crippen LogP) is 4.58. The Bertz CT molecular complexity index is 1600. The van der Waals surface area contributed by atoms with Gasteiger partial charge in [0.25, 0.3) is 0 Å². The third-order valence-corrected chi connectivity index (χ3v) is 8.89. The number of aryl methyl sites for hydroxylation is 1. The van der Waals surface area contributed by atoms with E-state index in [2.05, 4.69) is 30.9 Å². The Kier molecular flexibility index (Phi) is 8.72. The highest BCUT2D eigenvalue weighted by Crippen LogP contribution is 2.26. The first kappa shape index (κ1) is 28.4. The Morgan fingerprint density at radius 3 is 2.63 bits per heavy atom. The molecule has 0 saturated carbocycles. The molecule has 0 bridgehead atoms. The van der Waals surface area contributed by atoms with Crippen LogP contribution in [0.15, 0.2) is 78.1 Å². The Morgan fingerprint density at radius 1 is 1.05 bits per heavy atom. The highest BCUT2D eigenvalue weighted by Gasteiger charge is 2.30. The van der Waals surface area contributed by atoms with Crippen molar-refractivity contribution in [2.75, 3.05) is 36.0 Å². The maximum Gasteiger partial charge on any atom is 0.243 e. The van der Waals surface area contributed by atoms with E-state index in [-0.39, 0.29) is 16.6 Å². The Balaban J connectivity index is 1.18. The lowest BCUT2D eigenvalue weighted by atomic mass is 9.99. The summed E-state index contributed by atoms with van der Waals surface area (Å²) in [4.78, 5) is 13.0. The molecule has 2 aromatic heterocycles. The highest BCUT2D eigenvalue weighted by atomic mass is 32.2. The zero-order valence-electron chi connectivity index (χ0n) is 22.7. The van der Waals surface area contributed by atoms with Crippen LogP contribution in [0.3, 0.4) is 0 Å². The fourth-order valence-corrected chi connectivity index (χ4v) is 6.31. The molecule has 5 rings (SSSR count). The Labute approximate surface area is 239 Å². The average molecular weight is 577 g/mol. The van der Waals surface area contributed by atoms with Crippen LogP contribution in [0.4, 0.5) is 33.2 Å². The molecular formula is C29H33FN8O2S. The number of nitrogens with zero attached hydrogens (tertiary/aromatic N) is 4. The largest absolute Gasteiger partial charge is 0.398 e. The van der Waals surface area contributed by atoms with Crippen LogP contribution in [0.25, 0.3) is 0 Å². The molecule has 0 aliphatic carbocycles. The zero-order valence-corrected chi connectivity index (χ0v) is 23.5. The van der Waals surface area contributed by atoms with Crippen LogP contribution in [0, 0.1) is 18.7 Å². The van der Waals surface area contributed by atoms with E-state index < -0.39 is 10.0 Å². The van der Waals surface area contributed by atoms with E-state index in [0.717, 1.165) is 18.4 Å². The van der Waals surface area contributed by atoms with Crippen molar-refractivity contribution in [3.05, 3.63) is 90.1 Å². The van der Waals surface area contributed by atoms with Crippen LogP contribution >= 0.6 is 0 Å². The van der Waals surface area contributed by atoms with Crippen LogP contribution in [-0.4, -0.2) is 47.3 Å². The van der Waals surface area contributed by atoms with Crippen molar-refractivity contribution in [2.24, 2.45) is 5.92 Å². The lowest BCUT2D eigenvalue weighted by Gasteiger charge is -2.32. The van der Waals surface area contributed by atoms with Gasteiger partial charge in [0.2, 0.25) is 16.0 Å². The molecular weight excluding hydrogens is 543 g/mol.